The number of rotatable bonds is 18. The Morgan fingerprint density at radius 3 is 1.13 bits per heavy atom. The van der Waals surface area contributed by atoms with Gasteiger partial charge in [-0.05, 0) is 19.8 Å². The maximum Gasteiger partial charge on any atom is 0.0416 e. The Morgan fingerprint density at radius 2 is 0.826 bits per heavy atom. The first-order valence-electron chi connectivity index (χ1n) is 10.8. The van der Waals surface area contributed by atoms with Crippen molar-refractivity contribution in [3.8, 4) is 0 Å². The molecule has 140 valence electrons. The normalized spacial score (nSPS) is 14.1. The molecule has 0 radical (unpaired) electrons. The highest BCUT2D eigenvalue weighted by Crippen LogP contribution is 2.26. The van der Waals surface area contributed by atoms with Crippen LogP contribution in [-0.2, 0) is 0 Å². The van der Waals surface area contributed by atoms with E-state index in [9.17, 15) is 0 Å². The van der Waals surface area contributed by atoms with Crippen molar-refractivity contribution in [2.45, 2.75) is 141 Å². The number of unbranched alkanes of at least 4 members (excludes halogenated alkanes) is 15. The van der Waals surface area contributed by atoms with Crippen LogP contribution < -0.4 is 0 Å². The van der Waals surface area contributed by atoms with Crippen LogP contribution in [-0.4, -0.2) is 4.87 Å². The molecule has 0 rings (SSSR count). The Kier molecular flexibility index (Phi) is 17.3. The summed E-state index contributed by atoms with van der Waals surface area (Å²) in [4.78, 5) is 0.0516. The highest BCUT2D eigenvalue weighted by Gasteiger charge is 2.16. The first kappa shape index (κ1) is 23.3. The predicted octanol–water partition coefficient (Wildman–Crippen LogP) is 9.05. The van der Waals surface area contributed by atoms with Crippen LogP contribution in [0.2, 0.25) is 0 Å². The minimum absolute atomic E-state index is 0.0516. The van der Waals surface area contributed by atoms with E-state index < -0.39 is 0 Å². The van der Waals surface area contributed by atoms with Crippen LogP contribution in [0.3, 0.4) is 0 Å². The fourth-order valence-electron chi connectivity index (χ4n) is 3.22. The molecule has 0 bridgehead atoms. The van der Waals surface area contributed by atoms with E-state index in [0.29, 0.717) is 0 Å². The molecule has 0 heterocycles. The van der Waals surface area contributed by atoms with Crippen LogP contribution in [0.15, 0.2) is 0 Å². The summed E-state index contributed by atoms with van der Waals surface area (Å²) in [5.41, 5.74) is 0. The Hall–Kier alpha value is 0.290. The molecule has 0 saturated carbocycles. The van der Waals surface area contributed by atoms with Crippen molar-refractivity contribution in [3.05, 3.63) is 0 Å². The average Bonchev–Trinajstić information content (AvgIpc) is 2.54. The molecule has 0 saturated heterocycles. The van der Waals surface area contributed by atoms with Gasteiger partial charge in [0.05, 0.1) is 0 Å². The zero-order valence-corrected chi connectivity index (χ0v) is 17.4. The second-order valence-electron chi connectivity index (χ2n) is 7.82. The van der Waals surface area contributed by atoms with Gasteiger partial charge in [-0.25, -0.2) is 0 Å². The lowest BCUT2D eigenvalue weighted by Crippen LogP contribution is -2.13. The van der Waals surface area contributed by atoms with Gasteiger partial charge in [0.25, 0.3) is 0 Å². The molecule has 1 heteroatoms. The average molecular weight is 345 g/mol. The number of hydrogen-bond acceptors (Lipinski definition) is 0. The van der Waals surface area contributed by atoms with Crippen LogP contribution >= 0.6 is 11.6 Å². The molecule has 0 fully saturated rings. The molecule has 0 nitrogen and oxygen atoms in total. The molecule has 23 heavy (non-hydrogen) atoms. The van der Waals surface area contributed by atoms with E-state index in [1.54, 1.807) is 0 Å². The lowest BCUT2D eigenvalue weighted by molar-refractivity contribution is 0.493. The van der Waals surface area contributed by atoms with Crippen molar-refractivity contribution in [1.82, 2.24) is 0 Å². The van der Waals surface area contributed by atoms with Gasteiger partial charge >= 0.3 is 0 Å². The second kappa shape index (κ2) is 17.1. The molecule has 0 aromatic rings. The Labute approximate surface area is 153 Å². The van der Waals surface area contributed by atoms with Crippen molar-refractivity contribution in [2.75, 3.05) is 0 Å². The summed E-state index contributed by atoms with van der Waals surface area (Å²) in [5.74, 6) is 0. The van der Waals surface area contributed by atoms with Crippen LogP contribution in [0.4, 0.5) is 0 Å². The standard InChI is InChI=1S/C22H45Cl/c1-4-6-7-8-9-10-11-12-13-14-15-16-17-18-19-20-21-22(3,23)5-2/h4-21H2,1-3H3. The molecule has 1 unspecified atom stereocenters. The summed E-state index contributed by atoms with van der Waals surface area (Å²) in [6.07, 6.45) is 25.3. The zero-order chi connectivity index (χ0) is 17.2. The molecule has 0 N–H and O–H groups in total. The van der Waals surface area contributed by atoms with E-state index >= 15 is 0 Å². The number of halogens is 1. The summed E-state index contributed by atoms with van der Waals surface area (Å²) >= 11 is 6.39. The number of hydrogen-bond donors (Lipinski definition) is 0. The minimum atomic E-state index is 0.0516. The quantitative estimate of drug-likeness (QED) is 0.172. The van der Waals surface area contributed by atoms with E-state index in [1.807, 2.05) is 0 Å². The number of alkyl halides is 1. The SMILES string of the molecule is CCCCCCCCCCCCCCCCCCC(C)(Cl)CC. The van der Waals surface area contributed by atoms with Gasteiger partial charge in [-0.2, -0.15) is 0 Å². The topological polar surface area (TPSA) is 0 Å². The molecule has 1 atom stereocenters. The minimum Gasteiger partial charge on any atom is -0.120 e. The maximum atomic E-state index is 6.39. The molecule has 0 spiro atoms. The zero-order valence-electron chi connectivity index (χ0n) is 16.6. The van der Waals surface area contributed by atoms with Crippen LogP contribution in [0.5, 0.6) is 0 Å². The van der Waals surface area contributed by atoms with E-state index in [-0.39, 0.29) is 4.87 Å². The van der Waals surface area contributed by atoms with Gasteiger partial charge in [-0.1, -0.05) is 117 Å². The molecule has 0 aromatic carbocycles. The molecular formula is C22H45Cl. The highest BCUT2D eigenvalue weighted by atomic mass is 35.5. The molecule has 0 aliphatic rings. The highest BCUT2D eigenvalue weighted by molar-refractivity contribution is 6.23. The Bertz CT molecular complexity index is 222. The summed E-state index contributed by atoms with van der Waals surface area (Å²) in [7, 11) is 0. The van der Waals surface area contributed by atoms with Gasteiger partial charge in [0.1, 0.15) is 0 Å². The first-order valence-corrected chi connectivity index (χ1v) is 11.2. The van der Waals surface area contributed by atoms with Crippen molar-refractivity contribution in [3.63, 3.8) is 0 Å². The van der Waals surface area contributed by atoms with Gasteiger partial charge in [0.15, 0.2) is 0 Å². The third-order valence-corrected chi connectivity index (χ3v) is 5.75. The lowest BCUT2D eigenvalue weighted by Gasteiger charge is -2.19. The van der Waals surface area contributed by atoms with E-state index in [4.69, 9.17) is 11.6 Å². The second-order valence-corrected chi connectivity index (χ2v) is 8.73. The summed E-state index contributed by atoms with van der Waals surface area (Å²) in [6.45, 7) is 6.67. The van der Waals surface area contributed by atoms with Crippen LogP contribution in [0.1, 0.15) is 136 Å². The maximum absolute atomic E-state index is 6.39. The molecule has 0 amide bonds. The van der Waals surface area contributed by atoms with Gasteiger partial charge in [0.2, 0.25) is 0 Å². The van der Waals surface area contributed by atoms with E-state index in [1.165, 1.54) is 109 Å². The van der Waals surface area contributed by atoms with Crippen LogP contribution in [0, 0.1) is 0 Å². The van der Waals surface area contributed by atoms with Crippen molar-refractivity contribution in [2.24, 2.45) is 0 Å². The summed E-state index contributed by atoms with van der Waals surface area (Å²) in [6, 6.07) is 0. The van der Waals surface area contributed by atoms with Gasteiger partial charge in [0, 0.05) is 4.87 Å². The predicted molar refractivity (Wildman–Crippen MR) is 109 cm³/mol. The first-order chi connectivity index (χ1) is 11.1. The van der Waals surface area contributed by atoms with Crippen molar-refractivity contribution >= 4 is 11.6 Å². The third kappa shape index (κ3) is 18.5. The van der Waals surface area contributed by atoms with Gasteiger partial charge < -0.3 is 0 Å². The monoisotopic (exact) mass is 344 g/mol. The summed E-state index contributed by atoms with van der Waals surface area (Å²) < 4.78 is 0. The smallest absolute Gasteiger partial charge is 0.0416 e. The van der Waals surface area contributed by atoms with E-state index in [2.05, 4.69) is 20.8 Å². The largest absolute Gasteiger partial charge is 0.120 e. The Balaban J connectivity index is 3.05. The fourth-order valence-corrected chi connectivity index (χ4v) is 3.35. The molecule has 0 aliphatic heterocycles. The van der Waals surface area contributed by atoms with Gasteiger partial charge in [-0.15, -0.1) is 11.6 Å². The van der Waals surface area contributed by atoms with E-state index in [0.717, 1.165) is 6.42 Å². The molecule has 0 aromatic heterocycles. The lowest BCUT2D eigenvalue weighted by atomic mass is 9.98. The van der Waals surface area contributed by atoms with Gasteiger partial charge in [-0.3, -0.25) is 0 Å². The fraction of sp³-hybridized carbons (Fsp3) is 1.00. The van der Waals surface area contributed by atoms with Crippen LogP contribution in [0.25, 0.3) is 0 Å². The molecular weight excluding hydrogens is 300 g/mol. The Morgan fingerprint density at radius 1 is 0.522 bits per heavy atom. The summed E-state index contributed by atoms with van der Waals surface area (Å²) in [5, 5.41) is 0. The molecule has 0 aliphatic carbocycles. The third-order valence-electron chi connectivity index (χ3n) is 5.29. The van der Waals surface area contributed by atoms with Crippen molar-refractivity contribution < 1.29 is 0 Å². The van der Waals surface area contributed by atoms with Crippen molar-refractivity contribution in [1.29, 1.82) is 0 Å².